The van der Waals surface area contributed by atoms with Gasteiger partial charge in [0.05, 0.1) is 81.3 Å². The number of Topliss-reactive ketones (excluding diaryl/α,β-unsaturated/α-hetero) is 1. The van der Waals surface area contributed by atoms with Gasteiger partial charge in [-0.3, -0.25) is 43.2 Å². The van der Waals surface area contributed by atoms with Crippen LogP contribution in [0.4, 0.5) is 0 Å². The molecule has 29 heteroatoms. The first-order valence-corrected chi connectivity index (χ1v) is 28.8. The molecule has 0 aromatic rings. The Morgan fingerprint density at radius 2 is 0.880 bits per heavy atom. The van der Waals surface area contributed by atoms with Crippen molar-refractivity contribution in [3.05, 3.63) is 0 Å². The van der Waals surface area contributed by atoms with Gasteiger partial charge in [-0.2, -0.15) is 0 Å². The molecule has 0 spiro atoms. The van der Waals surface area contributed by atoms with Crippen molar-refractivity contribution in [2.24, 2.45) is 27.7 Å². The summed E-state index contributed by atoms with van der Waals surface area (Å²) in [4.78, 5) is 111. The number of rotatable bonds is 55. The van der Waals surface area contributed by atoms with Crippen LogP contribution in [0.5, 0.6) is 0 Å². The Balaban J connectivity index is 4.52. The lowest BCUT2D eigenvalue weighted by atomic mass is 9.93. The van der Waals surface area contributed by atoms with Gasteiger partial charge in [-0.05, 0) is 106 Å². The maximum absolute atomic E-state index is 13.4. The topological polar surface area (TPSA) is 428 Å². The minimum atomic E-state index is -0.682. The first-order chi connectivity index (χ1) is 39.6. The Hall–Kier alpha value is -5.95. The van der Waals surface area contributed by atoms with Gasteiger partial charge in [0, 0.05) is 83.8 Å². The molecule has 0 fully saturated rings. The number of ether oxygens (including phenoxy) is 4. The SMILES string of the molecule is CN[C@@H](CCCCNC(=O)COCCOCCNC(=O)COCCOCCNC(=O)CCCC(=O)NCCCC[C@H](CC(=O)CCCC(=O)NC(CNC(C)(C)/C=N/O)CNC(C)(C)/C=N/O)C(=O)NCCCC[C@H](NC)C(N)=O)C(N)=O. The molecule has 478 valence electrons. The third-order valence-corrected chi connectivity index (χ3v) is 12.7. The number of carbonyl (C=O) groups excluding carboxylic acids is 9. The van der Waals surface area contributed by atoms with E-state index in [1.165, 1.54) is 12.4 Å². The lowest BCUT2D eigenvalue weighted by Gasteiger charge is -2.29. The second-order valence-electron chi connectivity index (χ2n) is 21.1. The second-order valence-corrected chi connectivity index (χ2v) is 21.1. The maximum atomic E-state index is 13.4. The molecule has 0 unspecified atom stereocenters. The highest BCUT2D eigenvalue weighted by Gasteiger charge is 2.24. The molecule has 0 heterocycles. The van der Waals surface area contributed by atoms with Crippen LogP contribution in [0, 0.1) is 5.92 Å². The molecule has 0 saturated carbocycles. The number of amides is 8. The Morgan fingerprint density at radius 1 is 0.482 bits per heavy atom. The molecule has 0 aliphatic carbocycles. The molecule has 3 atom stereocenters. The predicted octanol–water partition coefficient (Wildman–Crippen LogP) is -1.65. The molecule has 8 amide bonds. The molecule has 0 rings (SSSR count). The summed E-state index contributed by atoms with van der Waals surface area (Å²) in [5.41, 5.74) is 9.33. The van der Waals surface area contributed by atoms with Gasteiger partial charge in [-0.15, -0.1) is 10.3 Å². The van der Waals surface area contributed by atoms with Gasteiger partial charge in [0.15, 0.2) is 0 Å². The van der Waals surface area contributed by atoms with Crippen molar-refractivity contribution in [3.8, 4) is 0 Å². The molecular formula is C54H102N14O15. The average Bonchev–Trinajstić information content (AvgIpc) is 3.43. The van der Waals surface area contributed by atoms with E-state index in [1.807, 2.05) is 0 Å². The number of nitrogens with one attached hydrogen (secondary N) is 10. The summed E-state index contributed by atoms with van der Waals surface area (Å²) in [6.45, 7) is 10.5. The number of hydrogen-bond acceptors (Lipinski definition) is 21. The van der Waals surface area contributed by atoms with Crippen molar-refractivity contribution in [2.75, 3.05) is 113 Å². The fourth-order valence-electron chi connectivity index (χ4n) is 7.89. The summed E-state index contributed by atoms with van der Waals surface area (Å²) in [5.74, 6) is -3.28. The van der Waals surface area contributed by atoms with Crippen molar-refractivity contribution in [1.82, 2.24) is 53.2 Å². The van der Waals surface area contributed by atoms with Crippen molar-refractivity contribution in [3.63, 3.8) is 0 Å². The number of likely N-dealkylation sites (N-methyl/N-ethyl adjacent to an activating group) is 2. The van der Waals surface area contributed by atoms with Crippen LogP contribution in [-0.2, 0) is 62.1 Å². The summed E-state index contributed by atoms with van der Waals surface area (Å²) < 4.78 is 21.4. The van der Waals surface area contributed by atoms with Crippen LogP contribution < -0.4 is 64.6 Å². The minimum Gasteiger partial charge on any atom is -0.411 e. The lowest BCUT2D eigenvalue weighted by molar-refractivity contribution is -0.130. The zero-order valence-corrected chi connectivity index (χ0v) is 50.1. The van der Waals surface area contributed by atoms with E-state index in [0.29, 0.717) is 90.5 Å². The van der Waals surface area contributed by atoms with E-state index in [4.69, 9.17) is 40.8 Å². The van der Waals surface area contributed by atoms with Gasteiger partial charge < -0.3 is 94.0 Å². The van der Waals surface area contributed by atoms with Crippen LogP contribution in [0.3, 0.4) is 0 Å². The van der Waals surface area contributed by atoms with E-state index in [-0.39, 0.29) is 152 Å². The number of nitrogens with zero attached hydrogens (tertiary/aromatic N) is 2. The molecule has 0 saturated heterocycles. The van der Waals surface area contributed by atoms with E-state index in [1.54, 1.807) is 41.8 Å². The zero-order valence-electron chi connectivity index (χ0n) is 50.1. The average molecular weight is 1190 g/mol. The highest BCUT2D eigenvalue weighted by molar-refractivity contribution is 5.87. The number of primary amides is 2. The van der Waals surface area contributed by atoms with Gasteiger partial charge >= 0.3 is 0 Å². The highest BCUT2D eigenvalue weighted by atomic mass is 16.5. The molecular weight excluding hydrogens is 1080 g/mol. The van der Waals surface area contributed by atoms with Crippen LogP contribution in [-0.4, -0.2) is 218 Å². The first kappa shape index (κ1) is 77.0. The third-order valence-electron chi connectivity index (χ3n) is 12.7. The normalized spacial score (nSPS) is 12.9. The number of ketones is 1. The van der Waals surface area contributed by atoms with E-state index in [2.05, 4.69) is 63.5 Å². The summed E-state index contributed by atoms with van der Waals surface area (Å²) in [7, 11) is 3.32. The number of unbranched alkanes of at least 4 members (excludes halogenated alkanes) is 3. The van der Waals surface area contributed by atoms with Crippen LogP contribution in [0.15, 0.2) is 10.3 Å². The quantitative estimate of drug-likeness (QED) is 0.0140. The Morgan fingerprint density at radius 3 is 1.34 bits per heavy atom. The maximum Gasteiger partial charge on any atom is 0.246 e. The Kier molecular flexibility index (Phi) is 45.0. The van der Waals surface area contributed by atoms with E-state index >= 15 is 0 Å². The zero-order chi connectivity index (χ0) is 62.2. The van der Waals surface area contributed by atoms with Crippen LogP contribution in [0.1, 0.15) is 130 Å². The van der Waals surface area contributed by atoms with Gasteiger partial charge in [-0.25, -0.2) is 0 Å². The molecule has 83 heavy (non-hydrogen) atoms. The van der Waals surface area contributed by atoms with E-state index in [0.717, 1.165) is 6.42 Å². The summed E-state index contributed by atoms with van der Waals surface area (Å²) in [6, 6.07) is -1.29. The Labute approximate surface area is 489 Å². The van der Waals surface area contributed by atoms with Crippen molar-refractivity contribution in [1.29, 1.82) is 0 Å². The van der Waals surface area contributed by atoms with Crippen molar-refractivity contribution < 1.29 is 72.5 Å². The van der Waals surface area contributed by atoms with Crippen LogP contribution in [0.2, 0.25) is 0 Å². The van der Waals surface area contributed by atoms with E-state index in [9.17, 15) is 43.2 Å². The fraction of sp³-hybridized carbons (Fsp3) is 0.796. The smallest absolute Gasteiger partial charge is 0.246 e. The first-order valence-electron chi connectivity index (χ1n) is 28.8. The minimum absolute atomic E-state index is 0.0278. The molecule has 0 radical (unpaired) electrons. The monoisotopic (exact) mass is 1190 g/mol. The largest absolute Gasteiger partial charge is 0.411 e. The number of oxime groups is 2. The third kappa shape index (κ3) is 45.2. The van der Waals surface area contributed by atoms with Crippen molar-refractivity contribution >= 4 is 65.5 Å². The van der Waals surface area contributed by atoms with Gasteiger partial charge in [0.2, 0.25) is 47.3 Å². The molecule has 0 aromatic carbocycles. The predicted molar refractivity (Wildman–Crippen MR) is 311 cm³/mol. The number of nitrogens with two attached hydrogens (primary N) is 2. The summed E-state index contributed by atoms with van der Waals surface area (Å²) in [5, 5.41) is 53.3. The van der Waals surface area contributed by atoms with Crippen molar-refractivity contribution in [2.45, 2.75) is 160 Å². The molecule has 29 nitrogen and oxygen atoms in total. The molecule has 16 N–H and O–H groups in total. The van der Waals surface area contributed by atoms with Crippen LogP contribution in [0.25, 0.3) is 0 Å². The van der Waals surface area contributed by atoms with Crippen LogP contribution >= 0.6 is 0 Å². The molecule has 0 bridgehead atoms. The summed E-state index contributed by atoms with van der Waals surface area (Å²) >= 11 is 0. The summed E-state index contributed by atoms with van der Waals surface area (Å²) in [6.07, 6.45) is 8.84. The molecule has 0 aromatic heterocycles. The Bertz CT molecular complexity index is 1900. The highest BCUT2D eigenvalue weighted by Crippen LogP contribution is 2.17. The van der Waals surface area contributed by atoms with Gasteiger partial charge in [0.25, 0.3) is 0 Å². The second kappa shape index (κ2) is 48.4. The standard InChI is InChI=1S/C54H102N14O15/c1-53(2,38-66-78)64-34-41(35-65-54(3,4)39-67-79)68-47(72)21-13-16-42(69)33-40(52(77)63-24-12-9-18-44(58-6)51(56)76)15-7-10-22-59-45(70)19-14-20-46(71)61-25-27-80-29-32-83-37-49(74)62-26-28-81-30-31-82-36-48(73)60-23-11-8-17-43(57-5)50(55)75/h38-41,43-44,57-58,64-65,78-79H,7-37H2,1-6H3,(H2,55,75)(H2,56,76)(H,59,70)(H,60,73)(H,61,71)(H,62,74)(H,63,77)(H,68,72)/b66-38+,67-39+/t40-,43+,44+/m1/s1. The molecule has 0 aliphatic rings. The van der Waals surface area contributed by atoms with Gasteiger partial charge in [-0.1, -0.05) is 6.42 Å². The lowest BCUT2D eigenvalue weighted by Crippen LogP contribution is -2.55. The molecule has 0 aliphatic heterocycles. The number of carbonyl (C=O) groups is 9. The fourth-order valence-corrected chi connectivity index (χ4v) is 7.89. The van der Waals surface area contributed by atoms with Gasteiger partial charge in [0.1, 0.15) is 19.0 Å². The van der Waals surface area contributed by atoms with E-state index < -0.39 is 40.9 Å². The number of hydrogen-bond donors (Lipinski definition) is 14.